The maximum atomic E-state index is 13.3. The van der Waals surface area contributed by atoms with Gasteiger partial charge in [-0.25, -0.2) is 4.39 Å². The van der Waals surface area contributed by atoms with Crippen molar-refractivity contribution in [2.75, 3.05) is 0 Å². The molecule has 4 heteroatoms. The average molecular weight is 338 g/mol. The summed E-state index contributed by atoms with van der Waals surface area (Å²) in [6, 6.07) is 11.3. The molecule has 1 heterocycles. The van der Waals surface area contributed by atoms with Crippen LogP contribution in [-0.2, 0) is 19.5 Å². The lowest BCUT2D eigenvalue weighted by atomic mass is 10.1. The van der Waals surface area contributed by atoms with Crippen LogP contribution in [0.25, 0.3) is 0 Å². The average Bonchev–Trinajstić information content (AvgIpc) is 2.91. The number of fused-ring (bicyclic) bond motifs is 1. The highest BCUT2D eigenvalue weighted by Crippen LogP contribution is 2.27. The molecule has 116 valence electrons. The largest absolute Gasteiger partial charge is 0.292 e. The number of benzene rings is 2. The molecule has 0 spiro atoms. The molecule has 2 aromatic rings. The van der Waals surface area contributed by atoms with Crippen LogP contribution in [0.4, 0.5) is 4.39 Å². The smallest absolute Gasteiger partial charge is 0.123 e. The van der Waals surface area contributed by atoms with Crippen molar-refractivity contribution in [3.05, 3.63) is 69.0 Å². The van der Waals surface area contributed by atoms with E-state index in [4.69, 9.17) is 23.2 Å². The highest BCUT2D eigenvalue weighted by atomic mass is 35.5. The third kappa shape index (κ3) is 3.45. The summed E-state index contributed by atoms with van der Waals surface area (Å²) in [7, 11) is 0. The van der Waals surface area contributed by atoms with Crippen LogP contribution in [0.3, 0.4) is 0 Å². The molecule has 0 fully saturated rings. The van der Waals surface area contributed by atoms with Crippen molar-refractivity contribution in [2.24, 2.45) is 0 Å². The van der Waals surface area contributed by atoms with E-state index in [1.54, 1.807) is 12.1 Å². The summed E-state index contributed by atoms with van der Waals surface area (Å²) in [6.45, 7) is 3.95. The van der Waals surface area contributed by atoms with Gasteiger partial charge in [0.25, 0.3) is 0 Å². The predicted molar refractivity (Wildman–Crippen MR) is 89.9 cm³/mol. The molecule has 2 aromatic carbocycles. The van der Waals surface area contributed by atoms with Crippen molar-refractivity contribution in [1.82, 2.24) is 4.90 Å². The molecule has 1 nitrogen and oxygen atoms in total. The van der Waals surface area contributed by atoms with Crippen molar-refractivity contribution in [3.63, 3.8) is 0 Å². The number of hydrogen-bond acceptors (Lipinski definition) is 1. The van der Waals surface area contributed by atoms with Crippen LogP contribution in [0, 0.1) is 5.82 Å². The Kier molecular flexibility index (Phi) is 4.72. The van der Waals surface area contributed by atoms with Gasteiger partial charge in [0.05, 0.1) is 10.0 Å². The first kappa shape index (κ1) is 15.8. The Bertz CT molecular complexity index is 687. The van der Waals surface area contributed by atoms with Gasteiger partial charge in [-0.3, -0.25) is 4.90 Å². The van der Waals surface area contributed by atoms with Crippen molar-refractivity contribution in [1.29, 1.82) is 0 Å². The highest BCUT2D eigenvalue weighted by molar-refractivity contribution is 6.42. The summed E-state index contributed by atoms with van der Waals surface area (Å²) in [5.41, 5.74) is 3.55. The summed E-state index contributed by atoms with van der Waals surface area (Å²) in [4.78, 5) is 2.39. The summed E-state index contributed by atoms with van der Waals surface area (Å²) < 4.78 is 13.3. The van der Waals surface area contributed by atoms with E-state index in [9.17, 15) is 4.39 Å². The van der Waals surface area contributed by atoms with Gasteiger partial charge in [0, 0.05) is 19.1 Å². The second-order valence-electron chi connectivity index (χ2n) is 5.95. The minimum Gasteiger partial charge on any atom is -0.292 e. The summed E-state index contributed by atoms with van der Waals surface area (Å²) in [6.07, 6.45) is 1.99. The fourth-order valence-electron chi connectivity index (χ4n) is 2.95. The molecule has 0 aromatic heterocycles. The molecule has 0 amide bonds. The number of rotatable bonds is 4. The maximum absolute atomic E-state index is 13.3. The van der Waals surface area contributed by atoms with Gasteiger partial charge in [-0.05, 0) is 60.7 Å². The van der Waals surface area contributed by atoms with Crippen molar-refractivity contribution < 1.29 is 4.39 Å². The summed E-state index contributed by atoms with van der Waals surface area (Å²) in [5, 5.41) is 1.20. The van der Waals surface area contributed by atoms with Crippen LogP contribution < -0.4 is 0 Å². The minimum absolute atomic E-state index is 0.149. The van der Waals surface area contributed by atoms with Crippen molar-refractivity contribution in [3.8, 4) is 0 Å². The number of aryl methyl sites for hydroxylation is 1. The fraction of sp³-hybridized carbons (Fsp3) is 0.333. The van der Waals surface area contributed by atoms with Crippen LogP contribution in [0.15, 0.2) is 36.4 Å². The zero-order valence-corrected chi connectivity index (χ0v) is 14.0. The van der Waals surface area contributed by atoms with Gasteiger partial charge in [-0.2, -0.15) is 0 Å². The summed E-state index contributed by atoms with van der Waals surface area (Å²) >= 11 is 12.0. The molecule has 1 aliphatic heterocycles. The lowest BCUT2D eigenvalue weighted by molar-refractivity contribution is 0.203. The van der Waals surface area contributed by atoms with Crippen LogP contribution in [0.5, 0.6) is 0 Å². The van der Waals surface area contributed by atoms with Crippen molar-refractivity contribution in [2.45, 2.75) is 38.9 Å². The SMILES string of the molecule is CC(CCc1ccc(Cl)c(Cl)c1)N1Cc2ccc(F)cc2C1. The molecular formula is C18H18Cl2FN. The quantitative estimate of drug-likeness (QED) is 0.715. The van der Waals surface area contributed by atoms with E-state index in [1.165, 1.54) is 11.1 Å². The van der Waals surface area contributed by atoms with Crippen molar-refractivity contribution >= 4 is 23.2 Å². The topological polar surface area (TPSA) is 3.24 Å². The molecule has 0 bridgehead atoms. The number of halogens is 3. The van der Waals surface area contributed by atoms with E-state index >= 15 is 0 Å². The molecule has 1 unspecified atom stereocenters. The molecule has 1 aliphatic rings. The molecule has 0 saturated carbocycles. The van der Waals surface area contributed by atoms with Gasteiger partial charge < -0.3 is 0 Å². The monoisotopic (exact) mass is 337 g/mol. The lowest BCUT2D eigenvalue weighted by Crippen LogP contribution is -2.28. The minimum atomic E-state index is -0.149. The molecule has 3 rings (SSSR count). The van der Waals surface area contributed by atoms with Crippen LogP contribution in [0.2, 0.25) is 10.0 Å². The second kappa shape index (κ2) is 6.57. The number of hydrogen-bond donors (Lipinski definition) is 0. The molecule has 22 heavy (non-hydrogen) atoms. The predicted octanol–water partition coefficient (Wildman–Crippen LogP) is 5.47. The maximum Gasteiger partial charge on any atom is 0.123 e. The highest BCUT2D eigenvalue weighted by Gasteiger charge is 2.23. The zero-order chi connectivity index (χ0) is 15.7. The van der Waals surface area contributed by atoms with Crippen LogP contribution in [0.1, 0.15) is 30.0 Å². The Hall–Kier alpha value is -1.09. The molecular weight excluding hydrogens is 320 g/mol. The Morgan fingerprint density at radius 1 is 1.05 bits per heavy atom. The Morgan fingerprint density at radius 3 is 2.59 bits per heavy atom. The number of nitrogens with zero attached hydrogens (tertiary/aromatic N) is 1. The van der Waals surface area contributed by atoms with Gasteiger partial charge in [-0.1, -0.05) is 35.3 Å². The van der Waals surface area contributed by atoms with E-state index in [-0.39, 0.29) is 5.82 Å². The van der Waals surface area contributed by atoms with Gasteiger partial charge in [-0.15, -0.1) is 0 Å². The van der Waals surface area contributed by atoms with E-state index < -0.39 is 0 Å². The van der Waals surface area contributed by atoms with E-state index in [2.05, 4.69) is 11.8 Å². The Labute approximate surface area is 140 Å². The van der Waals surface area contributed by atoms with Gasteiger partial charge in [0.2, 0.25) is 0 Å². The van der Waals surface area contributed by atoms with Gasteiger partial charge >= 0.3 is 0 Å². The standard InChI is InChI=1S/C18H18Cl2FN/c1-12(2-3-13-4-7-17(19)18(20)8-13)22-10-14-5-6-16(21)9-15(14)11-22/h4-9,12H,2-3,10-11H2,1H3. The lowest BCUT2D eigenvalue weighted by Gasteiger charge is -2.23. The second-order valence-corrected chi connectivity index (χ2v) is 6.77. The Balaban J connectivity index is 1.59. The Morgan fingerprint density at radius 2 is 1.82 bits per heavy atom. The van der Waals surface area contributed by atoms with E-state index in [1.807, 2.05) is 24.3 Å². The first-order valence-corrected chi connectivity index (χ1v) is 8.24. The molecule has 0 aliphatic carbocycles. The normalized spacial score (nSPS) is 15.8. The van der Waals surface area contributed by atoms with Crippen LogP contribution in [-0.4, -0.2) is 10.9 Å². The fourth-order valence-corrected chi connectivity index (χ4v) is 3.28. The third-order valence-corrected chi connectivity index (χ3v) is 5.11. The van der Waals surface area contributed by atoms with E-state index in [0.717, 1.165) is 31.5 Å². The molecule has 1 atom stereocenters. The van der Waals surface area contributed by atoms with Gasteiger partial charge in [0.1, 0.15) is 5.82 Å². The van der Waals surface area contributed by atoms with Crippen LogP contribution >= 0.6 is 23.2 Å². The zero-order valence-electron chi connectivity index (χ0n) is 12.5. The van der Waals surface area contributed by atoms with Gasteiger partial charge in [0.15, 0.2) is 0 Å². The molecule has 0 saturated heterocycles. The first-order valence-electron chi connectivity index (χ1n) is 7.48. The molecule has 0 N–H and O–H groups in total. The summed E-state index contributed by atoms with van der Waals surface area (Å²) in [5.74, 6) is -0.149. The van der Waals surface area contributed by atoms with E-state index in [0.29, 0.717) is 16.1 Å². The third-order valence-electron chi connectivity index (χ3n) is 4.37. The first-order chi connectivity index (χ1) is 10.5. The molecule has 0 radical (unpaired) electrons.